The molecular weight excluding hydrogens is 220 g/mol. The average Bonchev–Trinajstić information content (AvgIpc) is 2.31. The minimum atomic E-state index is -1.75. The van der Waals surface area contributed by atoms with Crippen LogP contribution in [0.5, 0.6) is 0 Å². The van der Waals surface area contributed by atoms with Gasteiger partial charge in [0.05, 0.1) is 17.2 Å². The first-order valence-corrected chi connectivity index (χ1v) is 6.85. The maximum absolute atomic E-state index is 8.25. The maximum atomic E-state index is 8.25. The molecule has 0 spiro atoms. The minimum absolute atomic E-state index is 0.997. The summed E-state index contributed by atoms with van der Waals surface area (Å²) in [7, 11) is 0. The van der Waals surface area contributed by atoms with Gasteiger partial charge in [-0.05, 0) is 51.4 Å². The Morgan fingerprint density at radius 2 is 1.06 bits per heavy atom. The fourth-order valence-electron chi connectivity index (χ4n) is 3.04. The average molecular weight is 244 g/mol. The standard InChI is InChI=1S/C12H23N.NO3/c1-3-7-11(8-4-1)13-12-9-5-2-6-10-12;2-1(3)4/h11-13H,1-10H2;/q;-1/p+1. The fourth-order valence-corrected chi connectivity index (χ4v) is 3.04. The largest absolute Gasteiger partial charge is 0.356 e. The van der Waals surface area contributed by atoms with Crippen molar-refractivity contribution in [3.63, 3.8) is 0 Å². The number of rotatable bonds is 2. The molecule has 2 fully saturated rings. The zero-order valence-electron chi connectivity index (χ0n) is 10.5. The highest BCUT2D eigenvalue weighted by atomic mass is 16.9. The normalized spacial score (nSPS) is 22.6. The summed E-state index contributed by atoms with van der Waals surface area (Å²) in [5.74, 6) is 0. The third-order valence-electron chi connectivity index (χ3n) is 3.84. The van der Waals surface area contributed by atoms with Gasteiger partial charge in [0.1, 0.15) is 0 Å². The highest BCUT2D eigenvalue weighted by Gasteiger charge is 2.22. The zero-order chi connectivity index (χ0) is 12.5. The lowest BCUT2D eigenvalue weighted by atomic mass is 9.91. The van der Waals surface area contributed by atoms with Gasteiger partial charge in [-0.2, -0.15) is 0 Å². The summed E-state index contributed by atoms with van der Waals surface area (Å²) in [6.07, 6.45) is 15.0. The summed E-state index contributed by atoms with van der Waals surface area (Å²) in [6, 6.07) is 1.99. The molecule has 5 nitrogen and oxygen atoms in total. The molecule has 0 atom stereocenters. The van der Waals surface area contributed by atoms with Gasteiger partial charge in [0.15, 0.2) is 0 Å². The zero-order valence-corrected chi connectivity index (χ0v) is 10.5. The molecule has 0 amide bonds. The van der Waals surface area contributed by atoms with E-state index in [0.717, 1.165) is 12.1 Å². The molecule has 2 rings (SSSR count). The fraction of sp³-hybridized carbons (Fsp3) is 1.00. The monoisotopic (exact) mass is 244 g/mol. The minimum Gasteiger partial charge on any atom is -0.356 e. The van der Waals surface area contributed by atoms with Gasteiger partial charge in [0, 0.05) is 0 Å². The van der Waals surface area contributed by atoms with Gasteiger partial charge >= 0.3 is 0 Å². The second-order valence-corrected chi connectivity index (χ2v) is 5.21. The Morgan fingerprint density at radius 1 is 0.765 bits per heavy atom. The third kappa shape index (κ3) is 7.15. The number of hydrogen-bond acceptors (Lipinski definition) is 3. The maximum Gasteiger partial charge on any atom is 0.0861 e. The Morgan fingerprint density at radius 3 is 1.35 bits per heavy atom. The van der Waals surface area contributed by atoms with Crippen LogP contribution in [0.25, 0.3) is 0 Å². The Kier molecular flexibility index (Phi) is 6.93. The second-order valence-electron chi connectivity index (χ2n) is 5.21. The first-order chi connectivity index (χ1) is 8.18. The van der Waals surface area contributed by atoms with Crippen LogP contribution in [0, 0.1) is 15.3 Å². The molecule has 2 saturated carbocycles. The molecule has 0 aromatic carbocycles. The Bertz CT molecular complexity index is 192. The summed E-state index contributed by atoms with van der Waals surface area (Å²) < 4.78 is 0. The van der Waals surface area contributed by atoms with E-state index >= 15 is 0 Å². The second kappa shape index (κ2) is 8.28. The molecule has 0 saturated heterocycles. The van der Waals surface area contributed by atoms with Crippen LogP contribution in [0.4, 0.5) is 0 Å². The Labute approximate surface area is 103 Å². The number of nitrogens with two attached hydrogens (primary N) is 1. The highest BCUT2D eigenvalue weighted by Crippen LogP contribution is 2.18. The first-order valence-electron chi connectivity index (χ1n) is 6.85. The molecule has 5 heteroatoms. The summed E-state index contributed by atoms with van der Waals surface area (Å²) in [6.45, 7) is 0. The molecule has 0 aromatic rings. The summed E-state index contributed by atoms with van der Waals surface area (Å²) in [4.78, 5) is 8.25. The van der Waals surface area contributed by atoms with Crippen molar-refractivity contribution in [2.75, 3.05) is 0 Å². The van der Waals surface area contributed by atoms with Crippen LogP contribution < -0.4 is 5.32 Å². The Balaban J connectivity index is 0.000000317. The van der Waals surface area contributed by atoms with Crippen molar-refractivity contribution < 1.29 is 10.4 Å². The van der Waals surface area contributed by atoms with E-state index in [1.807, 2.05) is 0 Å². The first kappa shape index (κ1) is 14.2. The van der Waals surface area contributed by atoms with Crippen LogP contribution in [-0.2, 0) is 0 Å². The van der Waals surface area contributed by atoms with Crippen molar-refractivity contribution in [3.05, 3.63) is 15.3 Å². The molecule has 2 aliphatic carbocycles. The molecule has 0 unspecified atom stereocenters. The molecule has 2 N–H and O–H groups in total. The van der Waals surface area contributed by atoms with E-state index in [2.05, 4.69) is 5.32 Å². The van der Waals surface area contributed by atoms with Gasteiger partial charge in [-0.3, -0.25) is 0 Å². The summed E-state index contributed by atoms with van der Waals surface area (Å²) >= 11 is 0. The van der Waals surface area contributed by atoms with E-state index in [1.165, 1.54) is 64.2 Å². The van der Waals surface area contributed by atoms with Crippen molar-refractivity contribution in [2.45, 2.75) is 76.3 Å². The van der Waals surface area contributed by atoms with Gasteiger partial charge in [0.25, 0.3) is 0 Å². The van der Waals surface area contributed by atoms with Crippen LogP contribution in [-0.4, -0.2) is 17.2 Å². The highest BCUT2D eigenvalue weighted by molar-refractivity contribution is 4.67. The molecule has 0 aromatic heterocycles. The van der Waals surface area contributed by atoms with Crippen molar-refractivity contribution in [1.29, 1.82) is 0 Å². The smallest absolute Gasteiger partial charge is 0.0861 e. The van der Waals surface area contributed by atoms with Crippen LogP contribution in [0.15, 0.2) is 0 Å². The van der Waals surface area contributed by atoms with E-state index in [-0.39, 0.29) is 0 Å². The molecule has 0 bridgehead atoms. The lowest BCUT2D eigenvalue weighted by Crippen LogP contribution is -2.95. The molecule has 17 heavy (non-hydrogen) atoms. The SMILES string of the molecule is C1CCC([NH2+]C2CCCCC2)CC1.O=[N+]([O-])[O-]. The van der Waals surface area contributed by atoms with E-state index in [9.17, 15) is 0 Å². The van der Waals surface area contributed by atoms with Crippen molar-refractivity contribution in [1.82, 2.24) is 0 Å². The van der Waals surface area contributed by atoms with Crippen LogP contribution in [0.2, 0.25) is 0 Å². The number of quaternary nitrogens is 1. The Hall–Kier alpha value is -0.840. The van der Waals surface area contributed by atoms with E-state index < -0.39 is 5.09 Å². The van der Waals surface area contributed by atoms with Crippen molar-refractivity contribution >= 4 is 0 Å². The number of nitrogens with zero attached hydrogens (tertiary/aromatic N) is 1. The van der Waals surface area contributed by atoms with Gasteiger partial charge in [-0.25, -0.2) is 0 Å². The van der Waals surface area contributed by atoms with Crippen LogP contribution >= 0.6 is 0 Å². The van der Waals surface area contributed by atoms with Crippen LogP contribution in [0.1, 0.15) is 64.2 Å². The van der Waals surface area contributed by atoms with Gasteiger partial charge < -0.3 is 20.6 Å². The summed E-state index contributed by atoms with van der Waals surface area (Å²) in [5, 5.41) is 17.5. The van der Waals surface area contributed by atoms with Crippen molar-refractivity contribution in [2.24, 2.45) is 0 Å². The predicted octanol–water partition coefficient (Wildman–Crippen LogP) is 1.98. The topological polar surface area (TPSA) is 82.8 Å². The van der Waals surface area contributed by atoms with E-state index in [1.54, 1.807) is 0 Å². The predicted molar refractivity (Wildman–Crippen MR) is 66.0 cm³/mol. The van der Waals surface area contributed by atoms with E-state index in [0.29, 0.717) is 0 Å². The third-order valence-corrected chi connectivity index (χ3v) is 3.84. The molecule has 2 aliphatic rings. The lowest BCUT2D eigenvalue weighted by Gasteiger charge is -2.27. The quantitative estimate of drug-likeness (QED) is 0.595. The van der Waals surface area contributed by atoms with Gasteiger partial charge in [-0.1, -0.05) is 12.8 Å². The van der Waals surface area contributed by atoms with Gasteiger partial charge in [-0.15, -0.1) is 0 Å². The van der Waals surface area contributed by atoms with Crippen LogP contribution in [0.3, 0.4) is 0 Å². The molecule has 0 heterocycles. The lowest BCUT2D eigenvalue weighted by molar-refractivity contribution is -0.725. The molecule has 100 valence electrons. The van der Waals surface area contributed by atoms with Crippen molar-refractivity contribution in [3.8, 4) is 0 Å². The molecular formula is C12H24N2O3. The van der Waals surface area contributed by atoms with E-state index in [4.69, 9.17) is 15.3 Å². The summed E-state index contributed by atoms with van der Waals surface area (Å²) in [5.41, 5.74) is 0. The molecule has 0 radical (unpaired) electrons. The molecule has 0 aliphatic heterocycles. The van der Waals surface area contributed by atoms with Gasteiger partial charge in [0.2, 0.25) is 0 Å². The number of hydrogen-bond donors (Lipinski definition) is 1.